The van der Waals surface area contributed by atoms with E-state index in [1.807, 2.05) is 0 Å². The van der Waals surface area contributed by atoms with Crippen molar-refractivity contribution in [3.63, 3.8) is 0 Å². The van der Waals surface area contributed by atoms with Crippen molar-refractivity contribution in [2.24, 2.45) is 5.92 Å². The average molecular weight is 284 g/mol. The van der Waals surface area contributed by atoms with Gasteiger partial charge in [0.1, 0.15) is 0 Å². The van der Waals surface area contributed by atoms with Gasteiger partial charge in [-0.1, -0.05) is 13.3 Å². The summed E-state index contributed by atoms with van der Waals surface area (Å²) in [5.74, 6) is 0.744. The molecule has 2 fully saturated rings. The third-order valence-corrected chi connectivity index (χ3v) is 4.66. The molecule has 0 radical (unpaired) electrons. The first-order valence-corrected chi connectivity index (χ1v) is 7.91. The van der Waals surface area contributed by atoms with Crippen LogP contribution in [0.2, 0.25) is 0 Å². The number of rotatable bonds is 5. The lowest BCUT2D eigenvalue weighted by Gasteiger charge is -2.36. The molecule has 1 unspecified atom stereocenters. The van der Waals surface area contributed by atoms with Gasteiger partial charge in [0.25, 0.3) is 0 Å². The zero-order chi connectivity index (χ0) is 14.4. The van der Waals surface area contributed by atoms with E-state index in [0.29, 0.717) is 19.6 Å². The standard InChI is InChI=1S/C15H28N2O3/c1-2-12-3-5-15(19,6-4-12)11-17-14(18)9-13-10-20-8-7-16-13/h12-13,16,19H,2-11H2,1H3,(H,17,18). The van der Waals surface area contributed by atoms with Gasteiger partial charge in [0.15, 0.2) is 0 Å². The average Bonchev–Trinajstić information content (AvgIpc) is 2.47. The lowest BCUT2D eigenvalue weighted by atomic mass is 9.78. The molecule has 1 atom stereocenters. The number of carbonyl (C=O) groups is 1. The summed E-state index contributed by atoms with van der Waals surface area (Å²) in [7, 11) is 0. The highest BCUT2D eigenvalue weighted by molar-refractivity contribution is 5.76. The van der Waals surface area contributed by atoms with E-state index < -0.39 is 5.60 Å². The Morgan fingerprint density at radius 2 is 2.20 bits per heavy atom. The second-order valence-electron chi connectivity index (χ2n) is 6.28. The lowest BCUT2D eigenvalue weighted by Crippen LogP contribution is -2.48. The van der Waals surface area contributed by atoms with Crippen molar-refractivity contribution in [2.45, 2.75) is 57.1 Å². The van der Waals surface area contributed by atoms with E-state index in [1.165, 1.54) is 6.42 Å². The summed E-state index contributed by atoms with van der Waals surface area (Å²) in [5, 5.41) is 16.6. The zero-order valence-electron chi connectivity index (χ0n) is 12.5. The maximum atomic E-state index is 11.9. The summed E-state index contributed by atoms with van der Waals surface area (Å²) in [5.41, 5.74) is -0.697. The molecule has 0 bridgehead atoms. The smallest absolute Gasteiger partial charge is 0.221 e. The number of morpholine rings is 1. The van der Waals surface area contributed by atoms with Gasteiger partial charge < -0.3 is 20.5 Å². The largest absolute Gasteiger partial charge is 0.388 e. The van der Waals surface area contributed by atoms with Crippen molar-refractivity contribution >= 4 is 5.91 Å². The van der Waals surface area contributed by atoms with E-state index in [-0.39, 0.29) is 11.9 Å². The van der Waals surface area contributed by atoms with E-state index in [4.69, 9.17) is 4.74 Å². The Kier molecular flexibility index (Phi) is 5.81. The highest BCUT2D eigenvalue weighted by atomic mass is 16.5. The molecule has 0 spiro atoms. The SMILES string of the molecule is CCC1CCC(O)(CNC(=O)CC2COCCN2)CC1. The van der Waals surface area contributed by atoms with E-state index in [1.54, 1.807) is 0 Å². The molecular weight excluding hydrogens is 256 g/mol. The van der Waals surface area contributed by atoms with Crippen LogP contribution in [0.5, 0.6) is 0 Å². The van der Waals surface area contributed by atoms with Crippen LogP contribution in [0, 0.1) is 5.92 Å². The van der Waals surface area contributed by atoms with Gasteiger partial charge in [-0.15, -0.1) is 0 Å². The molecule has 0 aromatic heterocycles. The number of carbonyl (C=O) groups excluding carboxylic acids is 1. The predicted octanol–water partition coefficient (Wildman–Crippen LogP) is 0.812. The molecule has 116 valence electrons. The Morgan fingerprint density at radius 1 is 1.45 bits per heavy atom. The molecule has 1 amide bonds. The molecule has 0 aromatic rings. The van der Waals surface area contributed by atoms with Crippen molar-refractivity contribution in [2.75, 3.05) is 26.3 Å². The van der Waals surface area contributed by atoms with E-state index in [9.17, 15) is 9.90 Å². The molecular formula is C15H28N2O3. The molecule has 1 aliphatic heterocycles. The number of hydrogen-bond donors (Lipinski definition) is 3. The van der Waals surface area contributed by atoms with E-state index in [0.717, 1.165) is 44.8 Å². The predicted molar refractivity (Wildman–Crippen MR) is 77.4 cm³/mol. The number of aliphatic hydroxyl groups is 1. The summed E-state index contributed by atoms with van der Waals surface area (Å²) < 4.78 is 5.33. The molecule has 1 saturated heterocycles. The molecule has 1 aliphatic carbocycles. The maximum Gasteiger partial charge on any atom is 0.221 e. The molecule has 3 N–H and O–H groups in total. The number of ether oxygens (including phenoxy) is 1. The van der Waals surface area contributed by atoms with Gasteiger partial charge in [-0.3, -0.25) is 4.79 Å². The van der Waals surface area contributed by atoms with Crippen molar-refractivity contribution < 1.29 is 14.6 Å². The molecule has 2 aliphatic rings. The second kappa shape index (κ2) is 7.38. The number of hydrogen-bond acceptors (Lipinski definition) is 4. The maximum absolute atomic E-state index is 11.9. The van der Waals surface area contributed by atoms with Crippen LogP contribution in [0.4, 0.5) is 0 Å². The van der Waals surface area contributed by atoms with Crippen molar-refractivity contribution in [1.82, 2.24) is 10.6 Å². The van der Waals surface area contributed by atoms with Crippen LogP contribution < -0.4 is 10.6 Å². The minimum atomic E-state index is -0.697. The quantitative estimate of drug-likeness (QED) is 0.699. The molecule has 2 rings (SSSR count). The third-order valence-electron chi connectivity index (χ3n) is 4.66. The second-order valence-corrected chi connectivity index (χ2v) is 6.28. The normalized spacial score (nSPS) is 34.7. The Hall–Kier alpha value is -0.650. The minimum absolute atomic E-state index is 0.000889. The van der Waals surface area contributed by atoms with Gasteiger partial charge in [0.2, 0.25) is 5.91 Å². The summed E-state index contributed by atoms with van der Waals surface area (Å²) in [6.45, 7) is 4.71. The molecule has 5 heteroatoms. The summed E-state index contributed by atoms with van der Waals surface area (Å²) in [6, 6.07) is 0.106. The Morgan fingerprint density at radius 3 is 2.80 bits per heavy atom. The highest BCUT2D eigenvalue weighted by Gasteiger charge is 2.33. The van der Waals surface area contributed by atoms with Gasteiger partial charge in [0, 0.05) is 25.6 Å². The van der Waals surface area contributed by atoms with Crippen LogP contribution in [-0.2, 0) is 9.53 Å². The van der Waals surface area contributed by atoms with Crippen LogP contribution in [0.15, 0.2) is 0 Å². The van der Waals surface area contributed by atoms with E-state index in [2.05, 4.69) is 17.6 Å². The number of nitrogens with one attached hydrogen (secondary N) is 2. The Bertz CT molecular complexity index is 308. The van der Waals surface area contributed by atoms with Crippen molar-refractivity contribution in [3.8, 4) is 0 Å². The third kappa shape index (κ3) is 4.72. The van der Waals surface area contributed by atoms with Crippen molar-refractivity contribution in [3.05, 3.63) is 0 Å². The van der Waals surface area contributed by atoms with E-state index >= 15 is 0 Å². The fourth-order valence-electron chi connectivity index (χ4n) is 3.11. The van der Waals surface area contributed by atoms with Gasteiger partial charge in [0.05, 0.1) is 18.8 Å². The van der Waals surface area contributed by atoms with Crippen LogP contribution in [0.25, 0.3) is 0 Å². The molecule has 20 heavy (non-hydrogen) atoms. The van der Waals surface area contributed by atoms with Gasteiger partial charge in [-0.2, -0.15) is 0 Å². The molecule has 1 heterocycles. The molecule has 1 saturated carbocycles. The fourth-order valence-corrected chi connectivity index (χ4v) is 3.11. The lowest BCUT2D eigenvalue weighted by molar-refractivity contribution is -0.124. The first-order valence-electron chi connectivity index (χ1n) is 7.91. The van der Waals surface area contributed by atoms with Crippen LogP contribution in [0.3, 0.4) is 0 Å². The Labute approximate surface area is 121 Å². The number of amides is 1. The first kappa shape index (κ1) is 15.7. The van der Waals surface area contributed by atoms with Gasteiger partial charge in [-0.05, 0) is 31.6 Å². The van der Waals surface area contributed by atoms with Crippen LogP contribution in [-0.4, -0.2) is 49.0 Å². The van der Waals surface area contributed by atoms with Crippen LogP contribution >= 0.6 is 0 Å². The monoisotopic (exact) mass is 284 g/mol. The topological polar surface area (TPSA) is 70.6 Å². The summed E-state index contributed by atoms with van der Waals surface area (Å²) in [6.07, 6.45) is 5.36. The zero-order valence-corrected chi connectivity index (χ0v) is 12.5. The van der Waals surface area contributed by atoms with Crippen molar-refractivity contribution in [1.29, 1.82) is 0 Å². The molecule has 5 nitrogen and oxygen atoms in total. The Balaban J connectivity index is 1.67. The van der Waals surface area contributed by atoms with Gasteiger partial charge in [-0.25, -0.2) is 0 Å². The summed E-state index contributed by atoms with van der Waals surface area (Å²) in [4.78, 5) is 11.9. The van der Waals surface area contributed by atoms with Gasteiger partial charge >= 0.3 is 0 Å². The highest BCUT2D eigenvalue weighted by Crippen LogP contribution is 2.33. The first-order chi connectivity index (χ1) is 9.61. The fraction of sp³-hybridized carbons (Fsp3) is 0.933. The van der Waals surface area contributed by atoms with Crippen LogP contribution in [0.1, 0.15) is 45.4 Å². The summed E-state index contributed by atoms with van der Waals surface area (Å²) >= 11 is 0. The molecule has 0 aromatic carbocycles. The minimum Gasteiger partial charge on any atom is -0.388 e.